The normalized spacial score (nSPS) is 16.5. The summed E-state index contributed by atoms with van der Waals surface area (Å²) < 4.78 is 12.9. The van der Waals surface area contributed by atoms with E-state index in [1.54, 1.807) is 6.92 Å². The van der Waals surface area contributed by atoms with Crippen molar-refractivity contribution in [3.63, 3.8) is 0 Å². The van der Waals surface area contributed by atoms with Crippen LogP contribution >= 0.6 is 0 Å². The molecule has 0 saturated carbocycles. The van der Waals surface area contributed by atoms with Gasteiger partial charge in [-0.25, -0.2) is 0 Å². The molecule has 1 N–H and O–H groups in total. The third-order valence-electron chi connectivity index (χ3n) is 2.83. The maximum Gasteiger partial charge on any atom is 0.307 e. The zero-order chi connectivity index (χ0) is 14.3. The lowest BCUT2D eigenvalue weighted by atomic mass is 10.1. The van der Waals surface area contributed by atoms with Gasteiger partial charge < -0.3 is 10.1 Å². The predicted octanol–water partition coefficient (Wildman–Crippen LogP) is 3.07. The summed E-state index contributed by atoms with van der Waals surface area (Å²) in [4.78, 5) is 11.6. The zero-order valence-corrected chi connectivity index (χ0v) is 11.3. The van der Waals surface area contributed by atoms with Crippen LogP contribution in [0.25, 0.3) is 0 Å². The number of esters is 1. The largest absolute Gasteiger partial charge is 0.466 e. The fraction of sp³-hybridized carbons (Fsp3) is 0.533. The van der Waals surface area contributed by atoms with E-state index in [0.717, 1.165) is 5.56 Å². The predicted molar refractivity (Wildman–Crippen MR) is 73.3 cm³/mol. The highest BCUT2D eigenvalue weighted by atomic mass is 16.5. The maximum atomic E-state index is 11.6. The highest BCUT2D eigenvalue weighted by Crippen LogP contribution is 2.14. The average Bonchev–Trinajstić information content (AvgIpc) is 2.45. The second-order valence-electron chi connectivity index (χ2n) is 4.23. The van der Waals surface area contributed by atoms with E-state index in [9.17, 15) is 4.79 Å². The third-order valence-corrected chi connectivity index (χ3v) is 2.83. The van der Waals surface area contributed by atoms with Crippen molar-refractivity contribution in [2.75, 3.05) is 6.61 Å². The van der Waals surface area contributed by atoms with E-state index < -0.39 is 12.4 Å². The third kappa shape index (κ3) is 4.88. The molecule has 18 heavy (non-hydrogen) atoms. The van der Waals surface area contributed by atoms with E-state index in [1.807, 2.05) is 44.2 Å². The van der Waals surface area contributed by atoms with Crippen molar-refractivity contribution in [2.45, 2.75) is 45.7 Å². The summed E-state index contributed by atoms with van der Waals surface area (Å²) in [5.74, 6) is -0.456. The van der Waals surface area contributed by atoms with Crippen molar-refractivity contribution >= 4 is 5.97 Å². The lowest BCUT2D eigenvalue weighted by Gasteiger charge is -2.22. The molecule has 0 unspecified atom stereocenters. The minimum Gasteiger partial charge on any atom is -0.466 e. The summed E-state index contributed by atoms with van der Waals surface area (Å²) in [7, 11) is 0. The first-order chi connectivity index (χ1) is 9.10. The van der Waals surface area contributed by atoms with Gasteiger partial charge in [0.25, 0.3) is 0 Å². The van der Waals surface area contributed by atoms with Gasteiger partial charge in [-0.1, -0.05) is 37.3 Å². The minimum absolute atomic E-state index is 0.105. The van der Waals surface area contributed by atoms with E-state index >= 15 is 0 Å². The summed E-state index contributed by atoms with van der Waals surface area (Å²) >= 11 is 0. The molecule has 3 nitrogen and oxygen atoms in total. The number of nitrogens with one attached hydrogen (secondary N) is 1. The molecule has 0 spiro atoms. The molecule has 0 saturated heterocycles. The van der Waals surface area contributed by atoms with Crippen LogP contribution in [0.3, 0.4) is 0 Å². The summed E-state index contributed by atoms with van der Waals surface area (Å²) in [6.07, 6.45) is -0.166. The second-order valence-corrected chi connectivity index (χ2v) is 4.23. The Balaban J connectivity index is 2.64. The molecule has 0 bridgehead atoms. The van der Waals surface area contributed by atoms with Gasteiger partial charge in [-0.05, 0) is 25.8 Å². The molecule has 100 valence electrons. The van der Waals surface area contributed by atoms with Crippen LogP contribution in [0.2, 0.25) is 0 Å². The SMILES string of the molecule is [2H][C@@H](C(=O)OCC)[C@@H](CC)N[C@H](C)c1ccccc1. The van der Waals surface area contributed by atoms with E-state index in [2.05, 4.69) is 5.32 Å². The molecular formula is C15H23NO2. The molecule has 0 amide bonds. The Morgan fingerprint density at radius 2 is 2.06 bits per heavy atom. The minimum atomic E-state index is -0.879. The van der Waals surface area contributed by atoms with Crippen LogP contribution in [0.4, 0.5) is 0 Å². The molecule has 3 heteroatoms. The highest BCUT2D eigenvalue weighted by molar-refractivity contribution is 5.70. The molecular weight excluding hydrogens is 226 g/mol. The summed E-state index contributed by atoms with van der Waals surface area (Å²) in [6.45, 7) is 6.08. The van der Waals surface area contributed by atoms with Crippen LogP contribution < -0.4 is 5.32 Å². The number of rotatable bonds is 7. The van der Waals surface area contributed by atoms with Crippen molar-refractivity contribution in [1.29, 1.82) is 0 Å². The standard InChI is InChI=1S/C15H23NO2/c1-4-14(11-15(17)18-5-2)16-12(3)13-9-7-6-8-10-13/h6-10,12,14,16H,4-5,11H2,1-3H3/t12-,14-/m1/s1/i11D/t11-,12-,14-. The number of ether oxygens (including phenoxy) is 1. The molecule has 0 aromatic heterocycles. The Morgan fingerprint density at radius 1 is 1.39 bits per heavy atom. The van der Waals surface area contributed by atoms with Crippen LogP contribution in [-0.4, -0.2) is 18.6 Å². The van der Waals surface area contributed by atoms with Gasteiger partial charge in [-0.2, -0.15) is 0 Å². The molecule has 0 aliphatic rings. The van der Waals surface area contributed by atoms with Gasteiger partial charge in [0.1, 0.15) is 0 Å². The van der Waals surface area contributed by atoms with Crippen molar-refractivity contribution in [3.8, 4) is 0 Å². The quantitative estimate of drug-likeness (QED) is 0.756. The van der Waals surface area contributed by atoms with E-state index in [0.29, 0.717) is 13.0 Å². The van der Waals surface area contributed by atoms with Crippen LogP contribution in [0, 0.1) is 0 Å². The fourth-order valence-electron chi connectivity index (χ4n) is 1.80. The Kier molecular flexibility index (Phi) is 5.73. The number of hydrogen-bond acceptors (Lipinski definition) is 3. The van der Waals surface area contributed by atoms with Crippen LogP contribution in [-0.2, 0) is 9.53 Å². The van der Waals surface area contributed by atoms with Crippen molar-refractivity contribution in [2.24, 2.45) is 0 Å². The Bertz CT molecular complexity index is 383. The zero-order valence-electron chi connectivity index (χ0n) is 12.3. The first-order valence-corrected chi connectivity index (χ1v) is 6.50. The number of benzene rings is 1. The van der Waals surface area contributed by atoms with Crippen LogP contribution in [0.15, 0.2) is 30.3 Å². The van der Waals surface area contributed by atoms with E-state index in [-0.39, 0.29) is 12.1 Å². The fourth-order valence-corrected chi connectivity index (χ4v) is 1.80. The number of hydrogen-bond donors (Lipinski definition) is 1. The monoisotopic (exact) mass is 250 g/mol. The highest BCUT2D eigenvalue weighted by Gasteiger charge is 2.15. The molecule has 1 aromatic carbocycles. The average molecular weight is 250 g/mol. The van der Waals surface area contributed by atoms with Gasteiger partial charge >= 0.3 is 5.97 Å². The van der Waals surface area contributed by atoms with Gasteiger partial charge in [0.2, 0.25) is 0 Å². The van der Waals surface area contributed by atoms with Gasteiger partial charge in [0.05, 0.1) is 13.0 Å². The number of carbonyl (C=O) groups is 1. The number of carbonyl (C=O) groups excluding carboxylic acids is 1. The smallest absolute Gasteiger partial charge is 0.307 e. The lowest BCUT2D eigenvalue weighted by Crippen LogP contribution is -2.33. The Hall–Kier alpha value is -1.35. The summed E-state index contributed by atoms with van der Waals surface area (Å²) in [5.41, 5.74) is 1.15. The molecule has 0 aliphatic heterocycles. The van der Waals surface area contributed by atoms with Gasteiger partial charge in [-0.3, -0.25) is 4.79 Å². The lowest BCUT2D eigenvalue weighted by molar-refractivity contribution is -0.143. The Labute approximate surface area is 111 Å². The van der Waals surface area contributed by atoms with Crippen LogP contribution in [0.1, 0.15) is 46.6 Å². The maximum absolute atomic E-state index is 11.6. The first kappa shape index (κ1) is 13.1. The molecule has 0 aliphatic carbocycles. The molecule has 0 fully saturated rings. The summed E-state index contributed by atoms with van der Waals surface area (Å²) in [5, 5.41) is 3.33. The second kappa shape index (κ2) is 7.88. The Morgan fingerprint density at radius 3 is 2.61 bits per heavy atom. The van der Waals surface area contributed by atoms with Crippen molar-refractivity contribution < 1.29 is 10.9 Å². The van der Waals surface area contributed by atoms with Gasteiger partial charge in [0.15, 0.2) is 0 Å². The molecule has 0 radical (unpaired) electrons. The van der Waals surface area contributed by atoms with E-state index in [4.69, 9.17) is 6.11 Å². The summed E-state index contributed by atoms with van der Waals surface area (Å²) in [6, 6.07) is 9.92. The molecule has 1 aromatic rings. The van der Waals surface area contributed by atoms with Gasteiger partial charge in [-0.15, -0.1) is 0 Å². The molecule has 3 atom stereocenters. The van der Waals surface area contributed by atoms with Crippen molar-refractivity contribution in [3.05, 3.63) is 35.9 Å². The van der Waals surface area contributed by atoms with Crippen LogP contribution in [0.5, 0.6) is 0 Å². The topological polar surface area (TPSA) is 38.3 Å². The van der Waals surface area contributed by atoms with Gasteiger partial charge in [0, 0.05) is 13.5 Å². The molecule has 1 rings (SSSR count). The molecule has 0 heterocycles. The van der Waals surface area contributed by atoms with E-state index in [1.165, 1.54) is 0 Å². The first-order valence-electron chi connectivity index (χ1n) is 7.07. The van der Waals surface area contributed by atoms with Crippen molar-refractivity contribution in [1.82, 2.24) is 5.32 Å².